The molecule has 1 fully saturated rings. The molecule has 1 aliphatic rings. The summed E-state index contributed by atoms with van der Waals surface area (Å²) in [5, 5.41) is 17.5. The molecule has 1 aliphatic heterocycles. The van der Waals surface area contributed by atoms with Crippen LogP contribution in [-0.4, -0.2) is 36.5 Å². The molecule has 9 heteroatoms. The van der Waals surface area contributed by atoms with E-state index in [1.54, 1.807) is 9.58 Å². The van der Waals surface area contributed by atoms with E-state index in [-0.39, 0.29) is 11.9 Å². The van der Waals surface area contributed by atoms with E-state index in [1.165, 1.54) is 11.3 Å². The van der Waals surface area contributed by atoms with Gasteiger partial charge in [0.2, 0.25) is 11.0 Å². The highest BCUT2D eigenvalue weighted by Crippen LogP contribution is 2.43. The van der Waals surface area contributed by atoms with Gasteiger partial charge in [-0.2, -0.15) is 0 Å². The number of carbonyl (C=O) groups excluding carboxylic acids is 1. The summed E-state index contributed by atoms with van der Waals surface area (Å²) in [6, 6.07) is 17.2. The fraction of sp³-hybridized carbons (Fsp3) is 0.167. The van der Waals surface area contributed by atoms with Gasteiger partial charge in [-0.3, -0.25) is 9.69 Å². The second-order valence-corrected chi connectivity index (χ2v) is 7.69. The summed E-state index contributed by atoms with van der Waals surface area (Å²) < 4.78 is 1.77. The quantitative estimate of drug-likeness (QED) is 0.391. The van der Waals surface area contributed by atoms with E-state index in [0.29, 0.717) is 11.7 Å². The van der Waals surface area contributed by atoms with Crippen LogP contribution in [0.1, 0.15) is 16.6 Å². The summed E-state index contributed by atoms with van der Waals surface area (Å²) in [7, 11) is 0. The van der Waals surface area contributed by atoms with Crippen LogP contribution in [0.5, 0.6) is 0 Å². The highest BCUT2D eigenvalue weighted by Gasteiger charge is 2.49. The van der Waals surface area contributed by atoms with Crippen molar-refractivity contribution in [3.05, 3.63) is 65.2 Å². The lowest BCUT2D eigenvalue weighted by Gasteiger charge is -2.42. The zero-order valence-corrected chi connectivity index (χ0v) is 15.5. The van der Waals surface area contributed by atoms with E-state index < -0.39 is 5.38 Å². The van der Waals surface area contributed by atoms with Crippen LogP contribution in [0, 0.1) is 0 Å². The van der Waals surface area contributed by atoms with Crippen molar-refractivity contribution in [1.29, 1.82) is 0 Å². The van der Waals surface area contributed by atoms with E-state index in [2.05, 4.69) is 20.5 Å². The Balaban J connectivity index is 1.42. The standard InChI is InChI=1S/C18H13ClN6OS/c19-15-16(11-6-2-1-3-7-11)25(17(15)26)18-22-21-14(27-18)10-24-13-9-5-4-8-12(13)20-23-24/h1-9,15-16H,10H2. The average Bonchev–Trinajstić information content (AvgIpc) is 3.33. The van der Waals surface area contributed by atoms with Gasteiger partial charge in [-0.1, -0.05) is 59.0 Å². The van der Waals surface area contributed by atoms with Crippen LogP contribution in [0.2, 0.25) is 0 Å². The molecule has 2 atom stereocenters. The molecule has 2 aromatic carbocycles. The number of alkyl halides is 1. The number of anilines is 1. The lowest BCUT2D eigenvalue weighted by Crippen LogP contribution is -2.56. The number of carbonyl (C=O) groups is 1. The van der Waals surface area contributed by atoms with Crippen molar-refractivity contribution in [2.75, 3.05) is 4.90 Å². The molecule has 0 radical (unpaired) electrons. The minimum Gasteiger partial charge on any atom is -0.276 e. The third-order valence-corrected chi connectivity index (χ3v) is 5.87. The fourth-order valence-corrected chi connectivity index (χ4v) is 4.43. The Morgan fingerprint density at radius 2 is 1.78 bits per heavy atom. The fourth-order valence-electron chi connectivity index (χ4n) is 3.20. The van der Waals surface area contributed by atoms with Crippen molar-refractivity contribution >= 4 is 45.0 Å². The number of benzene rings is 2. The van der Waals surface area contributed by atoms with Gasteiger partial charge >= 0.3 is 0 Å². The van der Waals surface area contributed by atoms with E-state index in [0.717, 1.165) is 21.6 Å². The van der Waals surface area contributed by atoms with E-state index >= 15 is 0 Å². The first-order valence-corrected chi connectivity index (χ1v) is 9.60. The maximum absolute atomic E-state index is 12.4. The van der Waals surface area contributed by atoms with Crippen LogP contribution in [0.15, 0.2) is 54.6 Å². The highest BCUT2D eigenvalue weighted by atomic mass is 35.5. The van der Waals surface area contributed by atoms with E-state index in [9.17, 15) is 4.79 Å². The summed E-state index contributed by atoms with van der Waals surface area (Å²) in [5.41, 5.74) is 2.74. The molecule has 7 nitrogen and oxygen atoms in total. The molecule has 134 valence electrons. The molecular formula is C18H13ClN6OS. The first-order valence-electron chi connectivity index (χ1n) is 8.35. The molecule has 0 saturated carbocycles. The van der Waals surface area contributed by atoms with Gasteiger partial charge in [0, 0.05) is 0 Å². The van der Waals surface area contributed by atoms with Crippen molar-refractivity contribution in [2.24, 2.45) is 0 Å². The number of β-lactam (4-membered cyclic amide) rings is 1. The molecule has 2 aromatic heterocycles. The molecule has 1 amide bonds. The lowest BCUT2D eigenvalue weighted by molar-refractivity contribution is -0.123. The molecule has 2 unspecified atom stereocenters. The van der Waals surface area contributed by atoms with Crippen molar-refractivity contribution in [3.8, 4) is 0 Å². The number of nitrogens with zero attached hydrogens (tertiary/aromatic N) is 6. The average molecular weight is 397 g/mol. The summed E-state index contributed by atoms with van der Waals surface area (Å²) in [6.07, 6.45) is 0. The Bertz CT molecular complexity index is 1130. The van der Waals surface area contributed by atoms with Gasteiger partial charge in [0.05, 0.1) is 18.1 Å². The minimum absolute atomic E-state index is 0.153. The van der Waals surface area contributed by atoms with Gasteiger partial charge in [0.25, 0.3) is 0 Å². The van der Waals surface area contributed by atoms with Gasteiger partial charge in [0.1, 0.15) is 15.9 Å². The van der Waals surface area contributed by atoms with Crippen molar-refractivity contribution in [1.82, 2.24) is 25.2 Å². The number of amides is 1. The molecule has 0 N–H and O–H groups in total. The van der Waals surface area contributed by atoms with Crippen LogP contribution in [0.25, 0.3) is 11.0 Å². The zero-order chi connectivity index (χ0) is 18.4. The largest absolute Gasteiger partial charge is 0.276 e. The number of rotatable bonds is 4. The van der Waals surface area contributed by atoms with E-state index in [4.69, 9.17) is 11.6 Å². The topological polar surface area (TPSA) is 76.8 Å². The number of aromatic nitrogens is 5. The molecule has 3 heterocycles. The smallest absolute Gasteiger partial charge is 0.250 e. The molecular weight excluding hydrogens is 384 g/mol. The number of fused-ring (bicyclic) bond motifs is 1. The van der Waals surface area contributed by atoms with Gasteiger partial charge < -0.3 is 0 Å². The number of hydrogen-bond donors (Lipinski definition) is 0. The van der Waals surface area contributed by atoms with Crippen LogP contribution in [0.3, 0.4) is 0 Å². The lowest BCUT2D eigenvalue weighted by atomic mass is 9.94. The zero-order valence-electron chi connectivity index (χ0n) is 13.9. The molecule has 1 saturated heterocycles. The maximum atomic E-state index is 12.4. The molecule has 4 aromatic rings. The predicted molar refractivity (Wildman–Crippen MR) is 103 cm³/mol. The highest BCUT2D eigenvalue weighted by molar-refractivity contribution is 7.15. The van der Waals surface area contributed by atoms with Crippen molar-refractivity contribution < 1.29 is 4.79 Å². The summed E-state index contributed by atoms with van der Waals surface area (Å²) in [5.74, 6) is -0.153. The van der Waals surface area contributed by atoms with Gasteiger partial charge in [-0.05, 0) is 17.7 Å². The molecule has 0 aliphatic carbocycles. The third-order valence-electron chi connectivity index (χ3n) is 4.54. The second-order valence-electron chi connectivity index (χ2n) is 6.18. The third kappa shape index (κ3) is 2.68. The van der Waals surface area contributed by atoms with Gasteiger partial charge in [0.15, 0.2) is 0 Å². The first kappa shape index (κ1) is 16.3. The summed E-state index contributed by atoms with van der Waals surface area (Å²) in [6.45, 7) is 0.445. The Morgan fingerprint density at radius 1 is 1.00 bits per heavy atom. The Morgan fingerprint density at radius 3 is 2.63 bits per heavy atom. The van der Waals surface area contributed by atoms with Gasteiger partial charge in [-0.15, -0.1) is 26.9 Å². The molecule has 0 bridgehead atoms. The van der Waals surface area contributed by atoms with Crippen molar-refractivity contribution in [2.45, 2.75) is 18.0 Å². The number of hydrogen-bond acceptors (Lipinski definition) is 6. The summed E-state index contributed by atoms with van der Waals surface area (Å²) in [4.78, 5) is 14.0. The van der Waals surface area contributed by atoms with Crippen LogP contribution >= 0.6 is 22.9 Å². The molecule has 27 heavy (non-hydrogen) atoms. The van der Waals surface area contributed by atoms with Crippen molar-refractivity contribution in [3.63, 3.8) is 0 Å². The van der Waals surface area contributed by atoms with Crippen LogP contribution in [-0.2, 0) is 11.3 Å². The maximum Gasteiger partial charge on any atom is 0.250 e. The monoisotopic (exact) mass is 396 g/mol. The number of para-hydroxylation sites is 1. The SMILES string of the molecule is O=C1C(Cl)C(c2ccccc2)N1c1nnc(Cn2nnc3ccccc32)s1. The first-order chi connectivity index (χ1) is 13.2. The van der Waals surface area contributed by atoms with Crippen LogP contribution in [0.4, 0.5) is 5.13 Å². The Hall–Kier alpha value is -2.84. The van der Waals surface area contributed by atoms with E-state index in [1.807, 2.05) is 54.6 Å². The second kappa shape index (κ2) is 6.40. The Kier molecular flexibility index (Phi) is 3.87. The number of halogens is 1. The molecule has 5 rings (SSSR count). The van der Waals surface area contributed by atoms with Crippen LogP contribution < -0.4 is 4.90 Å². The summed E-state index contributed by atoms with van der Waals surface area (Å²) >= 11 is 7.64. The molecule has 0 spiro atoms. The Labute approximate surface area is 163 Å². The predicted octanol–water partition coefficient (Wildman–Crippen LogP) is 3.03. The minimum atomic E-state index is -0.584. The normalized spacial score (nSPS) is 19.4. The van der Waals surface area contributed by atoms with Gasteiger partial charge in [-0.25, -0.2) is 4.68 Å².